The highest BCUT2D eigenvalue weighted by Gasteiger charge is 2.13. The summed E-state index contributed by atoms with van der Waals surface area (Å²) in [5, 5.41) is 2.81. The first kappa shape index (κ1) is 9.40. The molecule has 1 aliphatic rings. The lowest BCUT2D eigenvalue weighted by Gasteiger charge is -2.06. The standard InChI is InChI=1S/C10H9BrN2O/c1-6-8-4-7(11)2-3-9(8)13-10(14)5-12-6/h2-4H,5H2,1H3,(H,13,14). The van der Waals surface area contributed by atoms with Crippen LogP contribution in [0.15, 0.2) is 27.7 Å². The van der Waals surface area contributed by atoms with Crippen LogP contribution >= 0.6 is 15.9 Å². The maximum absolute atomic E-state index is 11.2. The molecular weight excluding hydrogens is 244 g/mol. The quantitative estimate of drug-likeness (QED) is 0.756. The molecule has 1 amide bonds. The van der Waals surface area contributed by atoms with Crippen molar-refractivity contribution in [1.82, 2.24) is 0 Å². The molecule has 1 aromatic carbocycles. The van der Waals surface area contributed by atoms with Gasteiger partial charge in [-0.25, -0.2) is 0 Å². The summed E-state index contributed by atoms with van der Waals surface area (Å²) in [6.45, 7) is 2.11. The van der Waals surface area contributed by atoms with E-state index in [9.17, 15) is 4.79 Å². The van der Waals surface area contributed by atoms with Crippen LogP contribution in [0.2, 0.25) is 0 Å². The van der Waals surface area contributed by atoms with Crippen LogP contribution in [-0.4, -0.2) is 18.2 Å². The van der Waals surface area contributed by atoms with Crippen molar-refractivity contribution in [2.24, 2.45) is 4.99 Å². The maximum atomic E-state index is 11.2. The van der Waals surface area contributed by atoms with Gasteiger partial charge in [0.25, 0.3) is 0 Å². The number of anilines is 1. The number of hydrogen-bond donors (Lipinski definition) is 1. The third kappa shape index (κ3) is 1.70. The number of rotatable bonds is 0. The van der Waals surface area contributed by atoms with Gasteiger partial charge in [-0.2, -0.15) is 0 Å². The Kier molecular flexibility index (Phi) is 2.37. The summed E-state index contributed by atoms with van der Waals surface area (Å²) in [4.78, 5) is 15.4. The average molecular weight is 253 g/mol. The van der Waals surface area contributed by atoms with E-state index < -0.39 is 0 Å². The van der Waals surface area contributed by atoms with Crippen molar-refractivity contribution < 1.29 is 4.79 Å². The third-order valence-electron chi connectivity index (χ3n) is 2.11. The molecule has 0 radical (unpaired) electrons. The number of hydrogen-bond acceptors (Lipinski definition) is 2. The first-order valence-corrected chi connectivity index (χ1v) is 5.07. The molecule has 2 rings (SSSR count). The van der Waals surface area contributed by atoms with Crippen molar-refractivity contribution in [3.05, 3.63) is 28.2 Å². The first-order chi connectivity index (χ1) is 6.66. The fraction of sp³-hybridized carbons (Fsp3) is 0.200. The molecule has 72 valence electrons. The molecule has 1 heterocycles. The van der Waals surface area contributed by atoms with E-state index in [2.05, 4.69) is 26.2 Å². The van der Waals surface area contributed by atoms with Gasteiger partial charge in [0.2, 0.25) is 5.91 Å². The Labute approximate surface area is 90.4 Å². The molecule has 0 atom stereocenters. The van der Waals surface area contributed by atoms with E-state index in [1.54, 1.807) is 0 Å². The van der Waals surface area contributed by atoms with Crippen molar-refractivity contribution >= 4 is 33.2 Å². The molecule has 0 saturated carbocycles. The summed E-state index contributed by atoms with van der Waals surface area (Å²) in [5.74, 6) is -0.0644. The van der Waals surface area contributed by atoms with Crippen molar-refractivity contribution in [3.63, 3.8) is 0 Å². The predicted molar refractivity (Wildman–Crippen MR) is 59.8 cm³/mol. The van der Waals surface area contributed by atoms with Crippen LogP contribution in [0.4, 0.5) is 5.69 Å². The second-order valence-electron chi connectivity index (χ2n) is 3.14. The van der Waals surface area contributed by atoms with Gasteiger partial charge in [0, 0.05) is 21.4 Å². The fourth-order valence-corrected chi connectivity index (χ4v) is 1.75. The molecule has 0 bridgehead atoms. The van der Waals surface area contributed by atoms with Gasteiger partial charge in [-0.1, -0.05) is 15.9 Å². The minimum atomic E-state index is -0.0644. The van der Waals surface area contributed by atoms with Crippen LogP contribution in [0.5, 0.6) is 0 Å². The minimum Gasteiger partial charge on any atom is -0.324 e. The summed E-state index contributed by atoms with van der Waals surface area (Å²) in [6, 6.07) is 5.74. The third-order valence-corrected chi connectivity index (χ3v) is 2.60. The predicted octanol–water partition coefficient (Wildman–Crippen LogP) is 2.21. The summed E-state index contributed by atoms with van der Waals surface area (Å²) in [5.41, 5.74) is 2.70. The Bertz CT molecular complexity index is 426. The summed E-state index contributed by atoms with van der Waals surface area (Å²) >= 11 is 3.39. The highest BCUT2D eigenvalue weighted by molar-refractivity contribution is 9.10. The zero-order chi connectivity index (χ0) is 10.1. The molecule has 0 spiro atoms. The zero-order valence-corrected chi connectivity index (χ0v) is 9.26. The Morgan fingerprint density at radius 3 is 3.07 bits per heavy atom. The van der Waals surface area contributed by atoms with Crippen molar-refractivity contribution in [3.8, 4) is 0 Å². The van der Waals surface area contributed by atoms with Gasteiger partial charge in [0.1, 0.15) is 6.54 Å². The number of amides is 1. The molecule has 0 aromatic heterocycles. The van der Waals surface area contributed by atoms with E-state index in [4.69, 9.17) is 0 Å². The second-order valence-corrected chi connectivity index (χ2v) is 4.06. The lowest BCUT2D eigenvalue weighted by atomic mass is 10.1. The van der Waals surface area contributed by atoms with E-state index >= 15 is 0 Å². The van der Waals surface area contributed by atoms with Gasteiger partial charge in [-0.3, -0.25) is 9.79 Å². The Morgan fingerprint density at radius 2 is 2.29 bits per heavy atom. The molecule has 0 saturated heterocycles. The van der Waals surface area contributed by atoms with Crippen LogP contribution in [0, 0.1) is 0 Å². The highest BCUT2D eigenvalue weighted by Crippen LogP contribution is 2.23. The number of carbonyl (C=O) groups excluding carboxylic acids is 1. The van der Waals surface area contributed by atoms with E-state index in [1.165, 1.54) is 0 Å². The summed E-state index contributed by atoms with van der Waals surface area (Å²) < 4.78 is 0.988. The Balaban J connectivity index is 2.57. The summed E-state index contributed by atoms with van der Waals surface area (Å²) in [6.07, 6.45) is 0. The number of carbonyl (C=O) groups is 1. The monoisotopic (exact) mass is 252 g/mol. The van der Waals surface area contributed by atoms with E-state index in [0.29, 0.717) is 0 Å². The average Bonchev–Trinajstić information content (AvgIpc) is 2.29. The summed E-state index contributed by atoms with van der Waals surface area (Å²) in [7, 11) is 0. The van der Waals surface area contributed by atoms with Gasteiger partial charge in [0.05, 0.1) is 0 Å². The number of halogens is 1. The van der Waals surface area contributed by atoms with Gasteiger partial charge in [-0.15, -0.1) is 0 Å². The van der Waals surface area contributed by atoms with Crippen LogP contribution in [-0.2, 0) is 4.79 Å². The van der Waals surface area contributed by atoms with Crippen molar-refractivity contribution in [1.29, 1.82) is 0 Å². The Morgan fingerprint density at radius 1 is 1.50 bits per heavy atom. The molecule has 0 aliphatic carbocycles. The largest absolute Gasteiger partial charge is 0.324 e. The number of fused-ring (bicyclic) bond motifs is 1. The minimum absolute atomic E-state index is 0.0644. The normalized spacial score (nSPS) is 15.3. The number of benzene rings is 1. The molecule has 4 heteroatoms. The van der Waals surface area contributed by atoms with E-state index in [1.807, 2.05) is 25.1 Å². The zero-order valence-electron chi connectivity index (χ0n) is 7.67. The van der Waals surface area contributed by atoms with Crippen LogP contribution in [0.25, 0.3) is 0 Å². The molecule has 0 unspecified atom stereocenters. The molecule has 14 heavy (non-hydrogen) atoms. The lowest BCUT2D eigenvalue weighted by Crippen LogP contribution is -2.13. The van der Waals surface area contributed by atoms with Crippen molar-refractivity contribution in [2.45, 2.75) is 6.92 Å². The second kappa shape index (κ2) is 3.53. The van der Waals surface area contributed by atoms with Crippen LogP contribution in [0.1, 0.15) is 12.5 Å². The van der Waals surface area contributed by atoms with Gasteiger partial charge < -0.3 is 5.32 Å². The first-order valence-electron chi connectivity index (χ1n) is 4.27. The molecule has 0 fully saturated rings. The smallest absolute Gasteiger partial charge is 0.246 e. The molecular formula is C10H9BrN2O. The topological polar surface area (TPSA) is 41.5 Å². The highest BCUT2D eigenvalue weighted by atomic mass is 79.9. The van der Waals surface area contributed by atoms with E-state index in [0.717, 1.165) is 21.4 Å². The van der Waals surface area contributed by atoms with Crippen LogP contribution in [0.3, 0.4) is 0 Å². The van der Waals surface area contributed by atoms with Gasteiger partial charge in [-0.05, 0) is 25.1 Å². The van der Waals surface area contributed by atoms with Crippen LogP contribution < -0.4 is 5.32 Å². The maximum Gasteiger partial charge on any atom is 0.246 e. The molecule has 1 aliphatic heterocycles. The number of benzodiazepines with no additional fused rings is 1. The molecule has 3 nitrogen and oxygen atoms in total. The fourth-order valence-electron chi connectivity index (χ4n) is 1.39. The number of nitrogens with zero attached hydrogens (tertiary/aromatic N) is 1. The SMILES string of the molecule is CC1=NCC(=O)Nc2ccc(Br)cc21. The van der Waals surface area contributed by atoms with Gasteiger partial charge in [0.15, 0.2) is 0 Å². The van der Waals surface area contributed by atoms with Gasteiger partial charge >= 0.3 is 0 Å². The number of nitrogens with one attached hydrogen (secondary N) is 1. The van der Waals surface area contributed by atoms with Crippen molar-refractivity contribution in [2.75, 3.05) is 11.9 Å². The molecule has 1 aromatic rings. The van der Waals surface area contributed by atoms with E-state index in [-0.39, 0.29) is 12.5 Å². The molecule has 1 N–H and O–H groups in total. The Hall–Kier alpha value is -1.16. The number of aliphatic imine (C=N–C) groups is 1. The lowest BCUT2D eigenvalue weighted by molar-refractivity contribution is -0.114.